The first-order valence-corrected chi connectivity index (χ1v) is 9.10. The van der Waals surface area contributed by atoms with E-state index in [0.29, 0.717) is 12.2 Å². The maximum Gasteiger partial charge on any atom is 0.274 e. The SMILES string of the molecule is Cc1nc(C(=O)N2CCCCC2CC(N)=O)c(-c2ccc(F)cc2)s1. The molecule has 1 aromatic heterocycles. The minimum atomic E-state index is -0.405. The van der Waals surface area contributed by atoms with E-state index in [0.717, 1.165) is 34.7 Å². The summed E-state index contributed by atoms with van der Waals surface area (Å²) in [5.41, 5.74) is 6.47. The van der Waals surface area contributed by atoms with E-state index in [1.54, 1.807) is 17.0 Å². The molecule has 1 fully saturated rings. The molecule has 1 aliphatic rings. The van der Waals surface area contributed by atoms with Crippen molar-refractivity contribution in [2.45, 2.75) is 38.6 Å². The highest BCUT2D eigenvalue weighted by Gasteiger charge is 2.31. The first-order valence-electron chi connectivity index (χ1n) is 8.28. The number of likely N-dealkylation sites (tertiary alicyclic amines) is 1. The highest BCUT2D eigenvalue weighted by Crippen LogP contribution is 2.32. The van der Waals surface area contributed by atoms with Crippen LogP contribution in [0.15, 0.2) is 24.3 Å². The van der Waals surface area contributed by atoms with Crippen LogP contribution in [-0.4, -0.2) is 34.3 Å². The summed E-state index contributed by atoms with van der Waals surface area (Å²) in [6.07, 6.45) is 2.81. The molecule has 25 heavy (non-hydrogen) atoms. The fraction of sp³-hybridized carbons (Fsp3) is 0.389. The third-order valence-corrected chi connectivity index (χ3v) is 5.39. The van der Waals surface area contributed by atoms with Crippen molar-refractivity contribution in [3.8, 4) is 10.4 Å². The Morgan fingerprint density at radius 3 is 2.72 bits per heavy atom. The van der Waals surface area contributed by atoms with E-state index in [2.05, 4.69) is 4.98 Å². The fourth-order valence-electron chi connectivity index (χ4n) is 3.22. The predicted octanol–water partition coefficient (Wildman–Crippen LogP) is 3.13. The molecule has 1 aromatic carbocycles. The van der Waals surface area contributed by atoms with Crippen molar-refractivity contribution >= 4 is 23.2 Å². The lowest BCUT2D eigenvalue weighted by Crippen LogP contribution is -2.45. The molecule has 5 nitrogen and oxygen atoms in total. The zero-order valence-corrected chi connectivity index (χ0v) is 14.8. The van der Waals surface area contributed by atoms with Crippen molar-refractivity contribution in [2.24, 2.45) is 5.73 Å². The van der Waals surface area contributed by atoms with Crippen molar-refractivity contribution in [1.29, 1.82) is 0 Å². The van der Waals surface area contributed by atoms with E-state index < -0.39 is 5.91 Å². The number of aryl methyl sites for hydroxylation is 1. The molecule has 1 unspecified atom stereocenters. The summed E-state index contributed by atoms with van der Waals surface area (Å²) in [7, 11) is 0. The summed E-state index contributed by atoms with van der Waals surface area (Å²) in [5.74, 6) is -0.914. The van der Waals surface area contributed by atoms with Gasteiger partial charge in [0, 0.05) is 19.0 Å². The molecule has 7 heteroatoms. The molecular formula is C18H20FN3O2S. The van der Waals surface area contributed by atoms with Crippen LogP contribution in [0.3, 0.4) is 0 Å². The number of carbonyl (C=O) groups is 2. The Hall–Kier alpha value is -2.28. The summed E-state index contributed by atoms with van der Waals surface area (Å²) in [6.45, 7) is 2.43. The zero-order chi connectivity index (χ0) is 18.0. The number of carbonyl (C=O) groups excluding carboxylic acids is 2. The van der Waals surface area contributed by atoms with Gasteiger partial charge in [0.05, 0.1) is 9.88 Å². The van der Waals surface area contributed by atoms with Crippen LogP contribution in [0.5, 0.6) is 0 Å². The number of thiazole rings is 1. The Morgan fingerprint density at radius 2 is 2.04 bits per heavy atom. The van der Waals surface area contributed by atoms with Crippen LogP contribution in [0.1, 0.15) is 41.2 Å². The normalized spacial score (nSPS) is 17.5. The first kappa shape index (κ1) is 17.5. The summed E-state index contributed by atoms with van der Waals surface area (Å²) in [6, 6.07) is 5.86. The number of primary amides is 1. The Balaban J connectivity index is 1.93. The molecule has 0 bridgehead atoms. The van der Waals surface area contributed by atoms with Crippen molar-refractivity contribution in [1.82, 2.24) is 9.88 Å². The summed E-state index contributed by atoms with van der Waals surface area (Å²) >= 11 is 1.41. The van der Waals surface area contributed by atoms with Gasteiger partial charge in [-0.25, -0.2) is 9.37 Å². The molecule has 1 aliphatic heterocycles. The van der Waals surface area contributed by atoms with Crippen LogP contribution in [0.2, 0.25) is 0 Å². The number of hydrogen-bond donors (Lipinski definition) is 1. The molecule has 1 atom stereocenters. The Bertz CT molecular complexity index is 788. The van der Waals surface area contributed by atoms with Gasteiger partial charge in [-0.2, -0.15) is 0 Å². The molecule has 132 valence electrons. The highest BCUT2D eigenvalue weighted by molar-refractivity contribution is 7.15. The van der Waals surface area contributed by atoms with Gasteiger partial charge in [0.25, 0.3) is 5.91 Å². The Morgan fingerprint density at radius 1 is 1.32 bits per heavy atom. The van der Waals surface area contributed by atoms with Crippen LogP contribution in [-0.2, 0) is 4.79 Å². The van der Waals surface area contributed by atoms with Crippen LogP contribution < -0.4 is 5.73 Å². The van der Waals surface area contributed by atoms with Crippen LogP contribution >= 0.6 is 11.3 Å². The van der Waals surface area contributed by atoms with Gasteiger partial charge in [0.2, 0.25) is 5.91 Å². The van der Waals surface area contributed by atoms with Crippen molar-refractivity contribution < 1.29 is 14.0 Å². The number of nitrogens with two attached hydrogens (primary N) is 1. The molecule has 2 N–H and O–H groups in total. The molecule has 2 heterocycles. The monoisotopic (exact) mass is 361 g/mol. The summed E-state index contributed by atoms with van der Waals surface area (Å²) in [4.78, 5) is 31.3. The maximum atomic E-state index is 13.2. The number of amides is 2. The lowest BCUT2D eigenvalue weighted by atomic mass is 9.98. The smallest absolute Gasteiger partial charge is 0.274 e. The average molecular weight is 361 g/mol. The van der Waals surface area contributed by atoms with Crippen LogP contribution in [0, 0.1) is 12.7 Å². The van der Waals surface area contributed by atoms with Gasteiger partial charge in [-0.05, 0) is 43.9 Å². The van der Waals surface area contributed by atoms with Gasteiger partial charge >= 0.3 is 0 Å². The second kappa shape index (κ2) is 7.31. The largest absolute Gasteiger partial charge is 0.370 e. The molecule has 1 saturated heterocycles. The number of halogens is 1. The van der Waals surface area contributed by atoms with E-state index in [1.165, 1.54) is 23.5 Å². The molecule has 2 aromatic rings. The number of aromatic nitrogens is 1. The molecule has 3 rings (SSSR count). The third kappa shape index (κ3) is 3.87. The summed E-state index contributed by atoms with van der Waals surface area (Å²) < 4.78 is 13.2. The lowest BCUT2D eigenvalue weighted by molar-refractivity contribution is -0.119. The molecule has 2 amide bonds. The molecule has 0 radical (unpaired) electrons. The van der Waals surface area contributed by atoms with Gasteiger partial charge in [-0.15, -0.1) is 11.3 Å². The van der Waals surface area contributed by atoms with Gasteiger partial charge in [0.1, 0.15) is 11.5 Å². The van der Waals surface area contributed by atoms with E-state index in [9.17, 15) is 14.0 Å². The second-order valence-electron chi connectivity index (χ2n) is 6.24. The zero-order valence-electron chi connectivity index (χ0n) is 14.0. The van der Waals surface area contributed by atoms with Gasteiger partial charge < -0.3 is 10.6 Å². The Labute approximate surface area is 149 Å². The predicted molar refractivity (Wildman–Crippen MR) is 94.7 cm³/mol. The fourth-order valence-corrected chi connectivity index (χ4v) is 4.13. The molecular weight excluding hydrogens is 341 g/mol. The van der Waals surface area contributed by atoms with Crippen molar-refractivity contribution in [2.75, 3.05) is 6.54 Å². The third-order valence-electron chi connectivity index (χ3n) is 4.37. The topological polar surface area (TPSA) is 76.3 Å². The minimum absolute atomic E-state index is 0.167. The van der Waals surface area contributed by atoms with Crippen LogP contribution in [0.25, 0.3) is 10.4 Å². The molecule has 0 saturated carbocycles. The number of benzene rings is 1. The highest BCUT2D eigenvalue weighted by atomic mass is 32.1. The molecule has 0 aliphatic carbocycles. The summed E-state index contributed by atoms with van der Waals surface area (Å²) in [5, 5.41) is 0.770. The van der Waals surface area contributed by atoms with Crippen molar-refractivity contribution in [3.63, 3.8) is 0 Å². The number of rotatable bonds is 4. The second-order valence-corrected chi connectivity index (χ2v) is 7.44. The van der Waals surface area contributed by atoms with Gasteiger partial charge in [-0.3, -0.25) is 9.59 Å². The van der Waals surface area contributed by atoms with Gasteiger partial charge in [-0.1, -0.05) is 12.1 Å². The van der Waals surface area contributed by atoms with Crippen molar-refractivity contribution in [3.05, 3.63) is 40.8 Å². The lowest BCUT2D eigenvalue weighted by Gasteiger charge is -2.35. The van der Waals surface area contributed by atoms with Gasteiger partial charge in [0.15, 0.2) is 0 Å². The molecule has 0 spiro atoms. The van der Waals surface area contributed by atoms with Crippen LogP contribution in [0.4, 0.5) is 4.39 Å². The quantitative estimate of drug-likeness (QED) is 0.909. The van der Waals surface area contributed by atoms with E-state index in [-0.39, 0.29) is 24.2 Å². The Kier molecular flexibility index (Phi) is 5.13. The van der Waals surface area contributed by atoms with E-state index in [4.69, 9.17) is 5.73 Å². The number of nitrogens with zero attached hydrogens (tertiary/aromatic N) is 2. The first-order chi connectivity index (χ1) is 12.0. The standard InChI is InChI=1S/C18H20FN3O2S/c1-11-21-16(17(25-11)12-5-7-13(19)8-6-12)18(24)22-9-3-2-4-14(22)10-15(20)23/h5-8,14H,2-4,9-10H2,1H3,(H2,20,23). The van der Waals surface area contributed by atoms with E-state index >= 15 is 0 Å². The minimum Gasteiger partial charge on any atom is -0.370 e. The average Bonchev–Trinajstić information content (AvgIpc) is 2.97. The maximum absolute atomic E-state index is 13.2. The number of piperidine rings is 1. The van der Waals surface area contributed by atoms with E-state index in [1.807, 2.05) is 6.92 Å². The number of hydrogen-bond acceptors (Lipinski definition) is 4.